The van der Waals surface area contributed by atoms with Crippen LogP contribution in [0.1, 0.15) is 19.8 Å². The second kappa shape index (κ2) is 4.42. The first-order valence-electron chi connectivity index (χ1n) is 5.91. The second-order valence-electron chi connectivity index (χ2n) is 4.90. The van der Waals surface area contributed by atoms with Crippen molar-refractivity contribution in [1.82, 2.24) is 9.80 Å². The fourth-order valence-electron chi connectivity index (χ4n) is 2.37. The van der Waals surface area contributed by atoms with E-state index in [0.717, 1.165) is 25.9 Å². The SMILES string of the molecule is CC1=CC=C(C2C(=O)N(C)CCN2C)CC1. The van der Waals surface area contributed by atoms with Crippen LogP contribution in [0.15, 0.2) is 23.3 Å². The second-order valence-corrected chi connectivity index (χ2v) is 4.90. The summed E-state index contributed by atoms with van der Waals surface area (Å²) in [5.41, 5.74) is 2.67. The van der Waals surface area contributed by atoms with Gasteiger partial charge in [-0.05, 0) is 32.4 Å². The maximum Gasteiger partial charge on any atom is 0.243 e. The van der Waals surface area contributed by atoms with Crippen molar-refractivity contribution in [2.45, 2.75) is 25.8 Å². The van der Waals surface area contributed by atoms with E-state index in [1.165, 1.54) is 11.1 Å². The maximum absolute atomic E-state index is 12.1. The quantitative estimate of drug-likeness (QED) is 0.667. The monoisotopic (exact) mass is 220 g/mol. The fourth-order valence-corrected chi connectivity index (χ4v) is 2.37. The van der Waals surface area contributed by atoms with Gasteiger partial charge in [-0.25, -0.2) is 0 Å². The smallest absolute Gasteiger partial charge is 0.243 e. The van der Waals surface area contributed by atoms with Crippen molar-refractivity contribution in [3.63, 3.8) is 0 Å². The van der Waals surface area contributed by atoms with Crippen LogP contribution in [-0.2, 0) is 4.79 Å². The van der Waals surface area contributed by atoms with Gasteiger partial charge in [-0.15, -0.1) is 0 Å². The van der Waals surface area contributed by atoms with Gasteiger partial charge < -0.3 is 4.90 Å². The van der Waals surface area contributed by atoms with Crippen LogP contribution in [0.5, 0.6) is 0 Å². The van der Waals surface area contributed by atoms with Crippen LogP contribution in [0.4, 0.5) is 0 Å². The molecule has 1 aliphatic carbocycles. The number of hydrogen-bond donors (Lipinski definition) is 0. The molecular weight excluding hydrogens is 200 g/mol. The summed E-state index contributed by atoms with van der Waals surface area (Å²) in [6.07, 6.45) is 6.40. The lowest BCUT2D eigenvalue weighted by molar-refractivity contribution is -0.137. The van der Waals surface area contributed by atoms with E-state index in [0.29, 0.717) is 0 Å². The zero-order chi connectivity index (χ0) is 11.7. The van der Waals surface area contributed by atoms with Crippen LogP contribution >= 0.6 is 0 Å². The summed E-state index contributed by atoms with van der Waals surface area (Å²) in [5, 5.41) is 0. The van der Waals surface area contributed by atoms with Crippen LogP contribution < -0.4 is 0 Å². The van der Waals surface area contributed by atoms with Crippen LogP contribution in [0.3, 0.4) is 0 Å². The average Bonchev–Trinajstić information content (AvgIpc) is 2.27. The number of allylic oxidation sites excluding steroid dienone is 3. The highest BCUT2D eigenvalue weighted by Gasteiger charge is 2.33. The molecule has 0 N–H and O–H groups in total. The van der Waals surface area contributed by atoms with Crippen LogP contribution in [0.2, 0.25) is 0 Å². The Kier molecular flexibility index (Phi) is 3.15. The Hall–Kier alpha value is -1.09. The molecular formula is C13H20N2O. The van der Waals surface area contributed by atoms with Crippen LogP contribution in [0.25, 0.3) is 0 Å². The molecule has 2 aliphatic rings. The van der Waals surface area contributed by atoms with Crippen molar-refractivity contribution in [3.05, 3.63) is 23.3 Å². The largest absolute Gasteiger partial charge is 0.343 e. The van der Waals surface area contributed by atoms with E-state index < -0.39 is 0 Å². The molecule has 88 valence electrons. The number of carbonyl (C=O) groups excluding carboxylic acids is 1. The number of rotatable bonds is 1. The predicted octanol–water partition coefficient (Wildman–Crippen LogP) is 1.43. The Labute approximate surface area is 97.4 Å². The van der Waals surface area contributed by atoms with Crippen molar-refractivity contribution >= 4 is 5.91 Å². The zero-order valence-electron chi connectivity index (χ0n) is 10.4. The van der Waals surface area contributed by atoms with E-state index in [9.17, 15) is 4.79 Å². The third-order valence-electron chi connectivity index (χ3n) is 3.58. The maximum atomic E-state index is 12.1. The normalized spacial score (nSPS) is 27.8. The minimum Gasteiger partial charge on any atom is -0.343 e. The third-order valence-corrected chi connectivity index (χ3v) is 3.58. The van der Waals surface area contributed by atoms with Crippen molar-refractivity contribution in [1.29, 1.82) is 0 Å². The topological polar surface area (TPSA) is 23.6 Å². The van der Waals surface area contributed by atoms with Crippen molar-refractivity contribution < 1.29 is 4.79 Å². The third kappa shape index (κ3) is 2.05. The zero-order valence-corrected chi connectivity index (χ0v) is 10.4. The molecule has 0 saturated carbocycles. The lowest BCUT2D eigenvalue weighted by Crippen LogP contribution is -2.54. The average molecular weight is 220 g/mol. The van der Waals surface area contributed by atoms with Gasteiger partial charge in [-0.2, -0.15) is 0 Å². The molecule has 0 aromatic carbocycles. The van der Waals surface area contributed by atoms with Gasteiger partial charge in [0.15, 0.2) is 0 Å². The number of likely N-dealkylation sites (N-methyl/N-ethyl adjacent to an activating group) is 2. The lowest BCUT2D eigenvalue weighted by Gasteiger charge is -2.38. The Bertz CT molecular complexity index is 357. The number of amides is 1. The molecule has 0 aromatic rings. The Balaban J connectivity index is 2.21. The molecule has 1 heterocycles. The van der Waals surface area contributed by atoms with E-state index in [-0.39, 0.29) is 11.9 Å². The summed E-state index contributed by atoms with van der Waals surface area (Å²) < 4.78 is 0. The van der Waals surface area contributed by atoms with Gasteiger partial charge in [0.05, 0.1) is 0 Å². The summed E-state index contributed by atoms with van der Waals surface area (Å²) in [4.78, 5) is 16.2. The van der Waals surface area contributed by atoms with Gasteiger partial charge in [0.25, 0.3) is 0 Å². The summed E-state index contributed by atoms with van der Waals surface area (Å²) in [6.45, 7) is 3.95. The molecule has 1 fully saturated rings. The minimum absolute atomic E-state index is 0.0249. The van der Waals surface area contributed by atoms with Gasteiger partial charge >= 0.3 is 0 Å². The molecule has 3 heteroatoms. The molecule has 2 rings (SSSR count). The Morgan fingerprint density at radius 1 is 1.19 bits per heavy atom. The highest BCUT2D eigenvalue weighted by molar-refractivity contribution is 5.85. The van der Waals surface area contributed by atoms with Gasteiger partial charge in [0.2, 0.25) is 5.91 Å². The molecule has 16 heavy (non-hydrogen) atoms. The Morgan fingerprint density at radius 2 is 1.94 bits per heavy atom. The Morgan fingerprint density at radius 3 is 2.56 bits per heavy atom. The first kappa shape index (κ1) is 11.4. The molecule has 0 aromatic heterocycles. The van der Waals surface area contributed by atoms with Gasteiger partial charge in [0.1, 0.15) is 6.04 Å². The highest BCUT2D eigenvalue weighted by atomic mass is 16.2. The summed E-state index contributed by atoms with van der Waals surface area (Å²) in [6, 6.07) is -0.0249. The predicted molar refractivity (Wildman–Crippen MR) is 65.1 cm³/mol. The van der Waals surface area contributed by atoms with Crippen molar-refractivity contribution in [2.24, 2.45) is 0 Å². The van der Waals surface area contributed by atoms with Gasteiger partial charge in [-0.1, -0.05) is 17.7 Å². The molecule has 0 radical (unpaired) electrons. The molecule has 1 saturated heterocycles. The molecule has 1 atom stereocenters. The number of hydrogen-bond acceptors (Lipinski definition) is 2. The number of piperazine rings is 1. The molecule has 0 spiro atoms. The van der Waals surface area contributed by atoms with E-state index in [1.54, 1.807) is 0 Å². The molecule has 1 amide bonds. The fraction of sp³-hybridized carbons (Fsp3) is 0.615. The molecule has 0 bridgehead atoms. The summed E-state index contributed by atoms with van der Waals surface area (Å²) >= 11 is 0. The number of nitrogens with zero attached hydrogens (tertiary/aromatic N) is 2. The standard InChI is InChI=1S/C13H20N2O/c1-10-4-6-11(7-5-10)12-13(16)15(3)9-8-14(12)2/h4,6,12H,5,7-9H2,1-3H3. The molecule has 3 nitrogen and oxygen atoms in total. The van der Waals surface area contributed by atoms with E-state index in [1.807, 2.05) is 19.0 Å². The van der Waals surface area contributed by atoms with Crippen LogP contribution in [0, 0.1) is 0 Å². The summed E-state index contributed by atoms with van der Waals surface area (Å²) in [5.74, 6) is 0.243. The van der Waals surface area contributed by atoms with Gasteiger partial charge in [-0.3, -0.25) is 9.69 Å². The molecule has 1 unspecified atom stereocenters. The first-order valence-corrected chi connectivity index (χ1v) is 5.91. The van der Waals surface area contributed by atoms with Crippen molar-refractivity contribution in [3.8, 4) is 0 Å². The van der Waals surface area contributed by atoms with Crippen LogP contribution in [-0.4, -0.2) is 48.9 Å². The lowest BCUT2D eigenvalue weighted by atomic mass is 9.92. The number of carbonyl (C=O) groups is 1. The van der Waals surface area contributed by atoms with Gasteiger partial charge in [0, 0.05) is 20.1 Å². The highest BCUT2D eigenvalue weighted by Crippen LogP contribution is 2.25. The van der Waals surface area contributed by atoms with Crippen molar-refractivity contribution in [2.75, 3.05) is 27.2 Å². The van der Waals surface area contributed by atoms with E-state index >= 15 is 0 Å². The van der Waals surface area contributed by atoms with E-state index in [4.69, 9.17) is 0 Å². The van der Waals surface area contributed by atoms with E-state index in [2.05, 4.69) is 24.0 Å². The minimum atomic E-state index is -0.0249. The molecule has 1 aliphatic heterocycles. The summed E-state index contributed by atoms with van der Waals surface area (Å²) in [7, 11) is 3.94. The first-order chi connectivity index (χ1) is 7.59.